The summed E-state index contributed by atoms with van der Waals surface area (Å²) in [7, 11) is 1.71. The van der Waals surface area contributed by atoms with E-state index in [0.717, 1.165) is 32.1 Å². The molecule has 0 aliphatic carbocycles. The van der Waals surface area contributed by atoms with E-state index in [0.29, 0.717) is 6.54 Å². The van der Waals surface area contributed by atoms with Gasteiger partial charge in [-0.3, -0.25) is 9.69 Å². The van der Waals surface area contributed by atoms with Crippen LogP contribution >= 0.6 is 0 Å². The van der Waals surface area contributed by atoms with Gasteiger partial charge < -0.3 is 9.64 Å². The van der Waals surface area contributed by atoms with Gasteiger partial charge >= 0.3 is 0 Å². The average Bonchev–Trinajstić information content (AvgIpc) is 2.28. The van der Waals surface area contributed by atoms with Gasteiger partial charge in [-0.25, -0.2) is 0 Å². The van der Waals surface area contributed by atoms with Crippen LogP contribution in [-0.4, -0.2) is 61.6 Å². The minimum atomic E-state index is 0.268. The molecule has 2 fully saturated rings. The largest absolute Gasteiger partial charge is 0.378 e. The smallest absolute Gasteiger partial charge is 0.236 e. The Labute approximate surface area is 104 Å². The van der Waals surface area contributed by atoms with Crippen LogP contribution in [0, 0.1) is 5.92 Å². The molecule has 4 nitrogen and oxygen atoms in total. The van der Waals surface area contributed by atoms with Crippen molar-refractivity contribution >= 4 is 5.91 Å². The van der Waals surface area contributed by atoms with Crippen molar-refractivity contribution in [2.24, 2.45) is 5.92 Å². The fraction of sp³-hybridized carbons (Fsp3) is 0.923. The highest BCUT2D eigenvalue weighted by Crippen LogP contribution is 2.20. The third kappa shape index (κ3) is 3.19. The van der Waals surface area contributed by atoms with Crippen LogP contribution < -0.4 is 0 Å². The van der Waals surface area contributed by atoms with Crippen molar-refractivity contribution in [3.05, 3.63) is 0 Å². The minimum absolute atomic E-state index is 0.268. The zero-order valence-corrected chi connectivity index (χ0v) is 11.0. The molecule has 2 aliphatic rings. The van der Waals surface area contributed by atoms with Gasteiger partial charge in [-0.1, -0.05) is 13.3 Å². The maximum absolute atomic E-state index is 11.9. The molecule has 2 saturated heterocycles. The lowest BCUT2D eigenvalue weighted by atomic mass is 9.94. The van der Waals surface area contributed by atoms with Crippen molar-refractivity contribution in [1.82, 2.24) is 9.80 Å². The van der Waals surface area contributed by atoms with Crippen LogP contribution in [0.4, 0.5) is 0 Å². The number of rotatable bonds is 4. The summed E-state index contributed by atoms with van der Waals surface area (Å²) in [6.07, 6.45) is 4.06. The Bertz CT molecular complexity index is 256. The first kappa shape index (κ1) is 12.8. The van der Waals surface area contributed by atoms with E-state index in [9.17, 15) is 4.79 Å². The minimum Gasteiger partial charge on any atom is -0.378 e. The number of hydrogen-bond donors (Lipinski definition) is 0. The standard InChI is InChI=1S/C13H24N2O2/c1-3-11-4-6-14(7-5-11)10-13(16)15-8-12(9-15)17-2/h11-12H,3-10H2,1-2H3. The van der Waals surface area contributed by atoms with Gasteiger partial charge in [-0.05, 0) is 31.8 Å². The number of methoxy groups -OCH3 is 1. The zero-order valence-electron chi connectivity index (χ0n) is 11.0. The summed E-state index contributed by atoms with van der Waals surface area (Å²) >= 11 is 0. The highest BCUT2D eigenvalue weighted by atomic mass is 16.5. The lowest BCUT2D eigenvalue weighted by molar-refractivity contribution is -0.144. The number of hydrogen-bond acceptors (Lipinski definition) is 3. The topological polar surface area (TPSA) is 32.8 Å². The van der Waals surface area contributed by atoms with Gasteiger partial charge in [0.2, 0.25) is 5.91 Å². The quantitative estimate of drug-likeness (QED) is 0.734. The highest BCUT2D eigenvalue weighted by Gasteiger charge is 2.31. The van der Waals surface area contributed by atoms with Crippen LogP contribution in [0.5, 0.6) is 0 Å². The van der Waals surface area contributed by atoms with E-state index in [2.05, 4.69) is 11.8 Å². The Morgan fingerprint density at radius 2 is 1.94 bits per heavy atom. The second kappa shape index (κ2) is 5.83. The van der Waals surface area contributed by atoms with E-state index in [4.69, 9.17) is 4.74 Å². The third-order valence-corrected chi connectivity index (χ3v) is 4.18. The zero-order chi connectivity index (χ0) is 12.3. The van der Waals surface area contributed by atoms with Crippen LogP contribution in [0.1, 0.15) is 26.2 Å². The number of carbonyl (C=O) groups excluding carboxylic acids is 1. The molecule has 0 aromatic rings. The molecule has 0 N–H and O–H groups in total. The highest BCUT2D eigenvalue weighted by molar-refractivity contribution is 5.79. The Balaban J connectivity index is 1.66. The molecule has 0 spiro atoms. The number of amides is 1. The maximum Gasteiger partial charge on any atom is 0.236 e. The molecular formula is C13H24N2O2. The second-order valence-corrected chi connectivity index (χ2v) is 5.28. The molecule has 0 bridgehead atoms. The number of likely N-dealkylation sites (tertiary alicyclic amines) is 2. The summed E-state index contributed by atoms with van der Waals surface area (Å²) in [6, 6.07) is 0. The summed E-state index contributed by atoms with van der Waals surface area (Å²) in [4.78, 5) is 16.1. The molecule has 2 aliphatic heterocycles. The summed E-state index contributed by atoms with van der Waals surface area (Å²) in [5, 5.41) is 0. The predicted molar refractivity (Wildman–Crippen MR) is 66.8 cm³/mol. The van der Waals surface area contributed by atoms with E-state index < -0.39 is 0 Å². The Morgan fingerprint density at radius 3 is 2.47 bits per heavy atom. The monoisotopic (exact) mass is 240 g/mol. The van der Waals surface area contributed by atoms with Gasteiger partial charge in [0.1, 0.15) is 0 Å². The van der Waals surface area contributed by atoms with Crippen molar-refractivity contribution in [2.75, 3.05) is 39.8 Å². The van der Waals surface area contributed by atoms with E-state index >= 15 is 0 Å². The number of piperidine rings is 1. The van der Waals surface area contributed by atoms with Crippen molar-refractivity contribution in [1.29, 1.82) is 0 Å². The summed E-state index contributed by atoms with van der Waals surface area (Å²) < 4.78 is 5.18. The molecule has 17 heavy (non-hydrogen) atoms. The first-order valence-corrected chi connectivity index (χ1v) is 6.75. The molecule has 2 rings (SSSR count). The summed E-state index contributed by atoms with van der Waals surface area (Å²) in [6.45, 7) is 6.60. The molecule has 0 radical (unpaired) electrons. The molecule has 0 aromatic heterocycles. The van der Waals surface area contributed by atoms with Crippen LogP contribution in [0.3, 0.4) is 0 Å². The lowest BCUT2D eigenvalue weighted by Crippen LogP contribution is -2.57. The van der Waals surface area contributed by atoms with Gasteiger partial charge in [-0.2, -0.15) is 0 Å². The normalized spacial score (nSPS) is 23.8. The number of nitrogens with zero attached hydrogens (tertiary/aromatic N) is 2. The van der Waals surface area contributed by atoms with Gasteiger partial charge in [-0.15, -0.1) is 0 Å². The number of ether oxygens (including phenoxy) is 1. The Kier molecular flexibility index (Phi) is 4.40. The first-order valence-electron chi connectivity index (χ1n) is 6.75. The van der Waals surface area contributed by atoms with E-state index in [-0.39, 0.29) is 12.0 Å². The molecule has 98 valence electrons. The lowest BCUT2D eigenvalue weighted by Gasteiger charge is -2.40. The van der Waals surface area contributed by atoms with Gasteiger partial charge in [0.25, 0.3) is 0 Å². The number of carbonyl (C=O) groups is 1. The van der Waals surface area contributed by atoms with Crippen LogP contribution in [0.25, 0.3) is 0 Å². The molecular weight excluding hydrogens is 216 g/mol. The Morgan fingerprint density at radius 1 is 1.29 bits per heavy atom. The fourth-order valence-electron chi connectivity index (χ4n) is 2.63. The first-order chi connectivity index (χ1) is 8.22. The molecule has 0 saturated carbocycles. The van der Waals surface area contributed by atoms with Crippen molar-refractivity contribution in [3.8, 4) is 0 Å². The average molecular weight is 240 g/mol. The van der Waals surface area contributed by atoms with E-state index in [1.807, 2.05) is 4.90 Å². The summed E-state index contributed by atoms with van der Waals surface area (Å²) in [5.74, 6) is 1.15. The van der Waals surface area contributed by atoms with Gasteiger partial charge in [0.05, 0.1) is 12.6 Å². The van der Waals surface area contributed by atoms with Crippen LogP contribution in [0.15, 0.2) is 0 Å². The molecule has 0 unspecified atom stereocenters. The SMILES string of the molecule is CCC1CCN(CC(=O)N2CC(OC)C2)CC1. The van der Waals surface area contributed by atoms with Crippen molar-refractivity contribution in [2.45, 2.75) is 32.3 Å². The fourth-order valence-corrected chi connectivity index (χ4v) is 2.63. The van der Waals surface area contributed by atoms with E-state index in [1.165, 1.54) is 19.3 Å². The van der Waals surface area contributed by atoms with Crippen molar-refractivity contribution < 1.29 is 9.53 Å². The Hall–Kier alpha value is -0.610. The van der Waals surface area contributed by atoms with Crippen LogP contribution in [0.2, 0.25) is 0 Å². The van der Waals surface area contributed by atoms with Crippen LogP contribution in [-0.2, 0) is 9.53 Å². The van der Waals surface area contributed by atoms with Crippen molar-refractivity contribution in [3.63, 3.8) is 0 Å². The molecule has 0 atom stereocenters. The maximum atomic E-state index is 11.9. The molecule has 0 aromatic carbocycles. The van der Waals surface area contributed by atoms with Gasteiger partial charge in [0, 0.05) is 20.2 Å². The predicted octanol–water partition coefficient (Wildman–Crippen LogP) is 0.966. The summed E-state index contributed by atoms with van der Waals surface area (Å²) in [5.41, 5.74) is 0. The molecule has 1 amide bonds. The molecule has 2 heterocycles. The second-order valence-electron chi connectivity index (χ2n) is 5.28. The third-order valence-electron chi connectivity index (χ3n) is 4.18. The van der Waals surface area contributed by atoms with Gasteiger partial charge in [0.15, 0.2) is 0 Å². The molecule has 4 heteroatoms. The van der Waals surface area contributed by atoms with E-state index in [1.54, 1.807) is 7.11 Å².